The van der Waals surface area contributed by atoms with Gasteiger partial charge in [-0.2, -0.15) is 5.10 Å². The molecule has 0 aliphatic heterocycles. The van der Waals surface area contributed by atoms with Crippen molar-refractivity contribution in [1.82, 2.24) is 15.5 Å². The monoisotopic (exact) mass is 141 g/mol. The van der Waals surface area contributed by atoms with E-state index in [0.717, 1.165) is 6.54 Å². The molecule has 0 spiro atoms. The zero-order valence-corrected chi connectivity index (χ0v) is 6.81. The second-order valence-corrected chi connectivity index (χ2v) is 1.64. The van der Waals surface area contributed by atoms with E-state index in [-0.39, 0.29) is 0 Å². The minimum atomic E-state index is 0.885. The van der Waals surface area contributed by atoms with Gasteiger partial charge in [0.25, 0.3) is 0 Å². The third-order valence-electron chi connectivity index (χ3n) is 0.936. The quantitative estimate of drug-likeness (QED) is 0.648. The van der Waals surface area contributed by atoms with Crippen LogP contribution < -0.4 is 5.32 Å². The van der Waals surface area contributed by atoms with E-state index in [0.29, 0.717) is 0 Å². The summed E-state index contributed by atoms with van der Waals surface area (Å²) < 4.78 is 0. The van der Waals surface area contributed by atoms with Gasteiger partial charge in [-0.05, 0) is 7.05 Å². The molecule has 3 heteroatoms. The molecule has 1 aromatic heterocycles. The van der Waals surface area contributed by atoms with Crippen molar-refractivity contribution in [3.05, 3.63) is 18.0 Å². The van der Waals surface area contributed by atoms with Gasteiger partial charge in [-0.1, -0.05) is 13.8 Å². The predicted octanol–water partition coefficient (Wildman–Crippen LogP) is 1.16. The molecule has 1 aromatic rings. The zero-order valence-electron chi connectivity index (χ0n) is 6.81. The van der Waals surface area contributed by atoms with Crippen LogP contribution in [0.5, 0.6) is 0 Å². The number of aromatic amines is 1. The predicted molar refractivity (Wildman–Crippen MR) is 42.7 cm³/mol. The summed E-state index contributed by atoms with van der Waals surface area (Å²) in [4.78, 5) is 0. The second-order valence-electron chi connectivity index (χ2n) is 1.64. The van der Waals surface area contributed by atoms with Gasteiger partial charge in [0.05, 0.1) is 6.20 Å². The molecule has 3 nitrogen and oxygen atoms in total. The summed E-state index contributed by atoms with van der Waals surface area (Å²) in [7, 11) is 1.91. The van der Waals surface area contributed by atoms with Crippen LogP contribution in [0.15, 0.2) is 12.4 Å². The van der Waals surface area contributed by atoms with E-state index < -0.39 is 0 Å². The lowest BCUT2D eigenvalue weighted by Crippen LogP contribution is -2.03. The maximum Gasteiger partial charge on any atom is 0.0532 e. The number of hydrogen-bond donors (Lipinski definition) is 2. The Labute approximate surface area is 61.8 Å². The van der Waals surface area contributed by atoms with Crippen molar-refractivity contribution in [3.63, 3.8) is 0 Å². The first kappa shape index (κ1) is 9.17. The van der Waals surface area contributed by atoms with Crippen LogP contribution in [0.4, 0.5) is 0 Å². The van der Waals surface area contributed by atoms with E-state index in [1.165, 1.54) is 5.56 Å². The van der Waals surface area contributed by atoms with Crippen molar-refractivity contribution < 1.29 is 0 Å². The van der Waals surface area contributed by atoms with Crippen LogP contribution in [0.1, 0.15) is 19.4 Å². The lowest BCUT2D eigenvalue weighted by molar-refractivity contribution is 0.818. The summed E-state index contributed by atoms with van der Waals surface area (Å²) in [6, 6.07) is 0. The first-order valence-corrected chi connectivity index (χ1v) is 3.55. The van der Waals surface area contributed by atoms with Crippen molar-refractivity contribution in [2.24, 2.45) is 0 Å². The summed E-state index contributed by atoms with van der Waals surface area (Å²) in [6.45, 7) is 4.89. The molecule has 0 saturated heterocycles. The Hall–Kier alpha value is -0.830. The van der Waals surface area contributed by atoms with Gasteiger partial charge in [0.15, 0.2) is 0 Å². The van der Waals surface area contributed by atoms with Crippen molar-refractivity contribution in [2.75, 3.05) is 7.05 Å². The van der Waals surface area contributed by atoms with Crippen LogP contribution in [0.25, 0.3) is 0 Å². The fraction of sp³-hybridized carbons (Fsp3) is 0.571. The summed E-state index contributed by atoms with van der Waals surface area (Å²) in [5, 5.41) is 9.51. The molecular weight excluding hydrogens is 126 g/mol. The lowest BCUT2D eigenvalue weighted by Gasteiger charge is -1.88. The number of rotatable bonds is 2. The van der Waals surface area contributed by atoms with E-state index in [9.17, 15) is 0 Å². The molecule has 0 atom stereocenters. The summed E-state index contributed by atoms with van der Waals surface area (Å²) in [5.74, 6) is 0. The maximum atomic E-state index is 3.78. The minimum absolute atomic E-state index is 0.885. The zero-order chi connectivity index (χ0) is 7.82. The third-order valence-corrected chi connectivity index (χ3v) is 0.936. The number of nitrogens with one attached hydrogen (secondary N) is 2. The van der Waals surface area contributed by atoms with Gasteiger partial charge in [0.2, 0.25) is 0 Å². The summed E-state index contributed by atoms with van der Waals surface area (Å²) in [6.07, 6.45) is 3.67. The van der Waals surface area contributed by atoms with Crippen LogP contribution in [-0.2, 0) is 6.54 Å². The first-order valence-electron chi connectivity index (χ1n) is 3.55. The largest absolute Gasteiger partial charge is 0.316 e. The fourth-order valence-corrected chi connectivity index (χ4v) is 0.578. The number of H-pyrrole nitrogens is 1. The van der Waals surface area contributed by atoms with Crippen LogP contribution >= 0.6 is 0 Å². The molecule has 0 aliphatic rings. The standard InChI is InChI=1S/C5H9N3.C2H6/c1-6-2-5-3-7-8-4-5;1-2/h3-4,6H,2H2,1H3,(H,7,8);1-2H3. The molecular formula is C7H15N3. The van der Waals surface area contributed by atoms with Crippen molar-refractivity contribution in [1.29, 1.82) is 0 Å². The molecule has 0 aromatic carbocycles. The number of aromatic nitrogens is 2. The molecule has 1 heterocycles. The number of hydrogen-bond acceptors (Lipinski definition) is 2. The van der Waals surface area contributed by atoms with Crippen LogP contribution in [0.2, 0.25) is 0 Å². The summed E-state index contributed by atoms with van der Waals surface area (Å²) in [5.41, 5.74) is 1.19. The summed E-state index contributed by atoms with van der Waals surface area (Å²) >= 11 is 0. The van der Waals surface area contributed by atoms with E-state index in [1.54, 1.807) is 6.20 Å². The fourth-order valence-electron chi connectivity index (χ4n) is 0.578. The van der Waals surface area contributed by atoms with E-state index in [1.807, 2.05) is 27.1 Å². The van der Waals surface area contributed by atoms with Gasteiger partial charge >= 0.3 is 0 Å². The minimum Gasteiger partial charge on any atom is -0.316 e. The Morgan fingerprint density at radius 2 is 2.30 bits per heavy atom. The maximum absolute atomic E-state index is 3.78. The van der Waals surface area contributed by atoms with Crippen LogP contribution in [0, 0.1) is 0 Å². The Morgan fingerprint density at radius 3 is 2.70 bits per heavy atom. The molecule has 0 radical (unpaired) electrons. The van der Waals surface area contributed by atoms with Gasteiger partial charge < -0.3 is 5.32 Å². The molecule has 2 N–H and O–H groups in total. The molecule has 0 bridgehead atoms. The third kappa shape index (κ3) is 3.25. The van der Waals surface area contributed by atoms with Gasteiger partial charge in [-0.15, -0.1) is 0 Å². The SMILES string of the molecule is CC.CNCc1cn[nH]c1. The Balaban J connectivity index is 0.000000371. The van der Waals surface area contributed by atoms with Crippen LogP contribution in [-0.4, -0.2) is 17.2 Å². The highest BCUT2D eigenvalue weighted by atomic mass is 15.1. The normalized spacial score (nSPS) is 8.30. The number of nitrogens with zero attached hydrogens (tertiary/aromatic N) is 1. The Bertz CT molecular complexity index is 135. The molecule has 10 heavy (non-hydrogen) atoms. The van der Waals surface area contributed by atoms with Gasteiger partial charge in [-0.3, -0.25) is 5.10 Å². The molecule has 58 valence electrons. The van der Waals surface area contributed by atoms with Gasteiger partial charge in [0, 0.05) is 18.3 Å². The van der Waals surface area contributed by atoms with Crippen LogP contribution in [0.3, 0.4) is 0 Å². The highest BCUT2D eigenvalue weighted by molar-refractivity contribution is 5.00. The Morgan fingerprint density at radius 1 is 1.60 bits per heavy atom. The van der Waals surface area contributed by atoms with E-state index in [2.05, 4.69) is 15.5 Å². The molecule has 0 aliphatic carbocycles. The van der Waals surface area contributed by atoms with E-state index in [4.69, 9.17) is 0 Å². The smallest absolute Gasteiger partial charge is 0.0532 e. The molecule has 0 fully saturated rings. The van der Waals surface area contributed by atoms with Gasteiger partial charge in [-0.25, -0.2) is 0 Å². The molecule has 0 unspecified atom stereocenters. The highest BCUT2D eigenvalue weighted by Crippen LogP contribution is 1.89. The van der Waals surface area contributed by atoms with Crippen molar-refractivity contribution in [3.8, 4) is 0 Å². The highest BCUT2D eigenvalue weighted by Gasteiger charge is 1.86. The average molecular weight is 141 g/mol. The second kappa shape index (κ2) is 6.29. The van der Waals surface area contributed by atoms with Crippen molar-refractivity contribution in [2.45, 2.75) is 20.4 Å². The first-order chi connectivity index (χ1) is 4.93. The Kier molecular flexibility index (Phi) is 5.77. The van der Waals surface area contributed by atoms with E-state index >= 15 is 0 Å². The average Bonchev–Trinajstić information content (AvgIpc) is 2.46. The molecule has 1 rings (SSSR count). The topological polar surface area (TPSA) is 40.7 Å². The molecule has 0 saturated carbocycles. The van der Waals surface area contributed by atoms with Gasteiger partial charge in [0.1, 0.15) is 0 Å². The molecule has 0 amide bonds. The van der Waals surface area contributed by atoms with Crippen molar-refractivity contribution >= 4 is 0 Å². The lowest BCUT2D eigenvalue weighted by atomic mass is 10.4.